The molecule has 5 aromatic rings. The van der Waals surface area contributed by atoms with Gasteiger partial charge < -0.3 is 20.0 Å². The van der Waals surface area contributed by atoms with E-state index in [1.165, 1.54) is 0 Å². The van der Waals surface area contributed by atoms with E-state index in [9.17, 15) is 24.6 Å². The highest BCUT2D eigenvalue weighted by Crippen LogP contribution is 2.49. The molecule has 0 saturated carbocycles. The molecule has 3 amide bonds. The number of rotatable bonds is 8. The Bertz CT molecular complexity index is 2190. The third kappa shape index (κ3) is 5.02. The standard InChI is InChI=1S/C42H37N3O5/c1-27(10-7-19-38(47)43-25-31-14-6-5-13-30(31)22-33(43)26-46)42(50)35-23-32(20-21-36(35)44(41(42)49)24-28-11-3-2-4-12-28)45-37-18-9-16-29-15-8-17-34(39(29)37)40(45)48/h2-18,20-21,23,27,33,46,50H,19,22,24-26H2,1H3/b10-7+/t27-,33+,42+/m1/s1. The molecule has 0 unspecified atom stereocenters. The fourth-order valence-corrected chi connectivity index (χ4v) is 7.84. The molecule has 0 spiro atoms. The van der Waals surface area contributed by atoms with Crippen molar-refractivity contribution >= 4 is 45.6 Å². The van der Waals surface area contributed by atoms with E-state index in [-0.39, 0.29) is 37.4 Å². The van der Waals surface area contributed by atoms with Crippen molar-refractivity contribution in [3.63, 3.8) is 0 Å². The van der Waals surface area contributed by atoms with E-state index in [1.807, 2.05) is 103 Å². The number of amides is 3. The Labute approximate surface area is 290 Å². The van der Waals surface area contributed by atoms with Crippen LogP contribution >= 0.6 is 0 Å². The molecule has 0 fully saturated rings. The topological polar surface area (TPSA) is 101 Å². The first-order chi connectivity index (χ1) is 24.3. The molecule has 3 aliphatic rings. The number of aliphatic hydroxyl groups is 2. The van der Waals surface area contributed by atoms with E-state index >= 15 is 0 Å². The molecule has 3 atom stereocenters. The van der Waals surface area contributed by atoms with Crippen molar-refractivity contribution in [1.82, 2.24) is 4.90 Å². The Morgan fingerprint density at radius 3 is 2.42 bits per heavy atom. The molecule has 8 nitrogen and oxygen atoms in total. The summed E-state index contributed by atoms with van der Waals surface area (Å²) < 4.78 is 0. The Kier molecular flexibility index (Phi) is 7.85. The SMILES string of the molecule is C[C@H](/C=C/CC(=O)N1Cc2ccccc2C[C@H]1CO)[C@@]1(O)C(=O)N(Cc2ccccc2)c2ccc(N3C(=O)c4cccc5cccc3c45)cc21. The van der Waals surface area contributed by atoms with Gasteiger partial charge in [0.15, 0.2) is 5.60 Å². The van der Waals surface area contributed by atoms with E-state index in [0.717, 1.165) is 33.2 Å². The highest BCUT2D eigenvalue weighted by Gasteiger charge is 2.53. The van der Waals surface area contributed by atoms with Crippen molar-refractivity contribution in [2.45, 2.75) is 44.5 Å². The van der Waals surface area contributed by atoms with Crippen molar-refractivity contribution in [3.8, 4) is 0 Å². The predicted molar refractivity (Wildman–Crippen MR) is 193 cm³/mol. The molecule has 0 aromatic heterocycles. The number of carbonyl (C=O) groups is 3. The molecular formula is C42H37N3O5. The second-order valence-electron chi connectivity index (χ2n) is 13.4. The lowest BCUT2D eigenvalue weighted by atomic mass is 9.82. The molecule has 0 saturated heterocycles. The van der Waals surface area contributed by atoms with Crippen LogP contribution in [0, 0.1) is 5.92 Å². The highest BCUT2D eigenvalue weighted by atomic mass is 16.3. The number of hydrogen-bond acceptors (Lipinski definition) is 5. The van der Waals surface area contributed by atoms with Gasteiger partial charge >= 0.3 is 0 Å². The van der Waals surface area contributed by atoms with Crippen molar-refractivity contribution in [3.05, 3.63) is 149 Å². The average Bonchev–Trinajstić information content (AvgIpc) is 3.55. The van der Waals surface area contributed by atoms with E-state index < -0.39 is 17.4 Å². The normalized spacial score (nSPS) is 20.1. The lowest BCUT2D eigenvalue weighted by Gasteiger charge is -2.36. The van der Waals surface area contributed by atoms with Gasteiger partial charge in [-0.15, -0.1) is 0 Å². The van der Waals surface area contributed by atoms with Gasteiger partial charge in [0.05, 0.1) is 36.1 Å². The zero-order chi connectivity index (χ0) is 34.6. The van der Waals surface area contributed by atoms with Gasteiger partial charge in [0.1, 0.15) is 0 Å². The van der Waals surface area contributed by atoms with Gasteiger partial charge in [-0.2, -0.15) is 0 Å². The first-order valence-electron chi connectivity index (χ1n) is 17.0. The Morgan fingerprint density at radius 2 is 1.64 bits per heavy atom. The fraction of sp³-hybridized carbons (Fsp3) is 0.214. The second-order valence-corrected chi connectivity index (χ2v) is 13.4. The van der Waals surface area contributed by atoms with Gasteiger partial charge in [-0.05, 0) is 58.8 Å². The monoisotopic (exact) mass is 663 g/mol. The Morgan fingerprint density at radius 1 is 0.900 bits per heavy atom. The number of anilines is 3. The molecule has 8 rings (SSSR count). The van der Waals surface area contributed by atoms with Crippen LogP contribution < -0.4 is 9.80 Å². The van der Waals surface area contributed by atoms with Gasteiger partial charge in [0.2, 0.25) is 5.91 Å². The van der Waals surface area contributed by atoms with E-state index in [4.69, 9.17) is 0 Å². The van der Waals surface area contributed by atoms with E-state index in [0.29, 0.717) is 35.5 Å². The first-order valence-corrected chi connectivity index (χ1v) is 17.0. The van der Waals surface area contributed by atoms with E-state index in [2.05, 4.69) is 0 Å². The van der Waals surface area contributed by atoms with Crippen molar-refractivity contribution < 1.29 is 24.6 Å². The van der Waals surface area contributed by atoms with Gasteiger partial charge in [0, 0.05) is 35.5 Å². The minimum absolute atomic E-state index is 0.0540. The largest absolute Gasteiger partial charge is 0.394 e. The molecule has 0 aliphatic carbocycles. The van der Waals surface area contributed by atoms with E-state index in [1.54, 1.807) is 39.8 Å². The van der Waals surface area contributed by atoms with Crippen LogP contribution in [0.3, 0.4) is 0 Å². The lowest BCUT2D eigenvalue weighted by molar-refractivity contribution is -0.139. The van der Waals surface area contributed by atoms with Crippen LogP contribution in [0.4, 0.5) is 17.1 Å². The van der Waals surface area contributed by atoms with Crippen LogP contribution in [0.2, 0.25) is 0 Å². The summed E-state index contributed by atoms with van der Waals surface area (Å²) >= 11 is 0. The summed E-state index contributed by atoms with van der Waals surface area (Å²) in [5, 5.41) is 24.4. The van der Waals surface area contributed by atoms with Crippen molar-refractivity contribution in [2.24, 2.45) is 5.92 Å². The molecule has 250 valence electrons. The van der Waals surface area contributed by atoms with Crippen LogP contribution in [0.15, 0.2) is 121 Å². The number of carbonyl (C=O) groups excluding carboxylic acids is 3. The van der Waals surface area contributed by atoms with Crippen LogP contribution in [-0.4, -0.2) is 45.5 Å². The first kappa shape index (κ1) is 31.7. The quantitative estimate of drug-likeness (QED) is 0.187. The summed E-state index contributed by atoms with van der Waals surface area (Å²) in [7, 11) is 0. The maximum Gasteiger partial charge on any atom is 0.264 e. The maximum absolute atomic E-state index is 14.4. The maximum atomic E-state index is 14.4. The Hall–Kier alpha value is -5.57. The summed E-state index contributed by atoms with van der Waals surface area (Å²) in [5.74, 6) is -1.49. The molecule has 50 heavy (non-hydrogen) atoms. The summed E-state index contributed by atoms with van der Waals surface area (Å²) in [5.41, 5.74) is 4.04. The third-order valence-corrected chi connectivity index (χ3v) is 10.5. The van der Waals surface area contributed by atoms with Crippen LogP contribution in [-0.2, 0) is 34.7 Å². The van der Waals surface area contributed by atoms with Crippen LogP contribution in [0.5, 0.6) is 0 Å². The van der Waals surface area contributed by atoms with Gasteiger partial charge in [0.25, 0.3) is 11.8 Å². The minimum atomic E-state index is -1.96. The summed E-state index contributed by atoms with van der Waals surface area (Å²) in [6.07, 6.45) is 4.07. The number of hydrogen-bond donors (Lipinski definition) is 2. The Balaban J connectivity index is 1.12. The molecule has 8 heteroatoms. The zero-order valence-electron chi connectivity index (χ0n) is 27.7. The summed E-state index contributed by atoms with van der Waals surface area (Å²) in [4.78, 5) is 46.6. The molecule has 0 bridgehead atoms. The summed E-state index contributed by atoms with van der Waals surface area (Å²) in [6, 6.07) is 34.1. The van der Waals surface area contributed by atoms with Gasteiger partial charge in [-0.3, -0.25) is 19.3 Å². The third-order valence-electron chi connectivity index (χ3n) is 10.5. The molecule has 2 N–H and O–H groups in total. The second kappa shape index (κ2) is 12.4. The number of nitrogens with zero attached hydrogens (tertiary/aromatic N) is 3. The minimum Gasteiger partial charge on any atom is -0.394 e. The van der Waals surface area contributed by atoms with Crippen molar-refractivity contribution in [2.75, 3.05) is 16.4 Å². The van der Waals surface area contributed by atoms with Crippen LogP contribution in [0.25, 0.3) is 10.8 Å². The highest BCUT2D eigenvalue weighted by molar-refractivity contribution is 6.28. The fourth-order valence-electron chi connectivity index (χ4n) is 7.84. The van der Waals surface area contributed by atoms with Gasteiger partial charge in [-0.25, -0.2) is 0 Å². The lowest BCUT2D eigenvalue weighted by Crippen LogP contribution is -2.46. The van der Waals surface area contributed by atoms with Gasteiger partial charge in [-0.1, -0.05) is 97.9 Å². The van der Waals surface area contributed by atoms with Crippen LogP contribution in [0.1, 0.15) is 46.0 Å². The molecule has 0 radical (unpaired) electrons. The van der Waals surface area contributed by atoms with Crippen molar-refractivity contribution in [1.29, 1.82) is 0 Å². The number of benzene rings is 5. The molecule has 5 aromatic carbocycles. The number of fused-ring (bicyclic) bond motifs is 2. The smallest absolute Gasteiger partial charge is 0.264 e. The predicted octanol–water partition coefficient (Wildman–Crippen LogP) is 6.39. The molecular weight excluding hydrogens is 626 g/mol. The molecule has 3 heterocycles. The average molecular weight is 664 g/mol. The number of aliphatic hydroxyl groups excluding tert-OH is 1. The summed E-state index contributed by atoms with van der Waals surface area (Å²) in [6.45, 7) is 2.32. The molecule has 3 aliphatic heterocycles. The zero-order valence-corrected chi connectivity index (χ0v) is 27.7.